The highest BCUT2D eigenvalue weighted by Crippen LogP contribution is 2.35. The van der Waals surface area contributed by atoms with Gasteiger partial charge in [0.05, 0.1) is 0 Å². The molecule has 0 aromatic rings. The van der Waals surface area contributed by atoms with Gasteiger partial charge in [-0.1, -0.05) is 6.42 Å². The van der Waals surface area contributed by atoms with Gasteiger partial charge in [0, 0.05) is 19.4 Å². The van der Waals surface area contributed by atoms with Gasteiger partial charge in [-0.3, -0.25) is 4.79 Å². The molecular weight excluding hydrogens is 220 g/mol. The van der Waals surface area contributed by atoms with Gasteiger partial charge in [-0.05, 0) is 31.8 Å². The van der Waals surface area contributed by atoms with E-state index in [0.29, 0.717) is 25.3 Å². The van der Waals surface area contributed by atoms with Gasteiger partial charge in [0.1, 0.15) is 0 Å². The Morgan fingerprint density at radius 3 is 2.59 bits per heavy atom. The zero-order valence-electron chi connectivity index (χ0n) is 9.91. The van der Waals surface area contributed by atoms with Crippen LogP contribution in [0.4, 0.5) is 4.79 Å². The van der Waals surface area contributed by atoms with E-state index in [1.165, 1.54) is 11.3 Å². The summed E-state index contributed by atoms with van der Waals surface area (Å²) in [6, 6.07) is 0. The van der Waals surface area contributed by atoms with Crippen LogP contribution in [-0.4, -0.2) is 42.1 Å². The molecule has 0 radical (unpaired) electrons. The van der Waals surface area contributed by atoms with Crippen LogP contribution < -0.4 is 5.32 Å². The molecule has 0 aromatic heterocycles. The van der Waals surface area contributed by atoms with Gasteiger partial charge < -0.3 is 10.1 Å². The van der Waals surface area contributed by atoms with Crippen LogP contribution in [0.25, 0.3) is 0 Å². The number of rotatable bonds is 2. The molecule has 1 N–H and O–H groups in total. The van der Waals surface area contributed by atoms with Crippen molar-refractivity contribution in [2.24, 2.45) is 5.92 Å². The van der Waals surface area contributed by atoms with E-state index in [0.717, 1.165) is 25.9 Å². The van der Waals surface area contributed by atoms with Gasteiger partial charge in [-0.25, -0.2) is 9.69 Å². The molecule has 0 bridgehead atoms. The molecule has 1 spiro atoms. The van der Waals surface area contributed by atoms with Crippen LogP contribution in [0.5, 0.6) is 0 Å². The van der Waals surface area contributed by atoms with Crippen molar-refractivity contribution in [3.63, 3.8) is 0 Å². The van der Waals surface area contributed by atoms with Crippen LogP contribution in [0.2, 0.25) is 0 Å². The number of nitrogens with zero attached hydrogens (tertiary/aromatic N) is 1. The predicted octanol–water partition coefficient (Wildman–Crippen LogP) is 0.887. The second-order valence-corrected chi connectivity index (χ2v) is 5.32. The van der Waals surface area contributed by atoms with E-state index in [9.17, 15) is 9.59 Å². The monoisotopic (exact) mass is 238 g/mol. The number of nitrogens with one attached hydrogen (secondary N) is 1. The molecular formula is C12H18N2O3. The second kappa shape index (κ2) is 3.98. The Bertz CT molecular complexity index is 346. The predicted molar refractivity (Wildman–Crippen MR) is 60.4 cm³/mol. The fourth-order valence-corrected chi connectivity index (χ4v) is 2.83. The molecule has 17 heavy (non-hydrogen) atoms. The molecule has 1 saturated carbocycles. The fraction of sp³-hybridized carbons (Fsp3) is 0.833. The van der Waals surface area contributed by atoms with Crippen LogP contribution in [-0.2, 0) is 9.53 Å². The molecule has 2 aliphatic heterocycles. The number of hydrogen-bond donors (Lipinski definition) is 1. The molecule has 5 heteroatoms. The molecule has 2 saturated heterocycles. The van der Waals surface area contributed by atoms with Crippen LogP contribution >= 0.6 is 0 Å². The van der Waals surface area contributed by atoms with Crippen molar-refractivity contribution in [2.45, 2.75) is 37.7 Å². The van der Waals surface area contributed by atoms with Gasteiger partial charge >= 0.3 is 6.09 Å². The Labute approximate surface area is 100 Å². The van der Waals surface area contributed by atoms with Crippen molar-refractivity contribution < 1.29 is 14.3 Å². The van der Waals surface area contributed by atoms with E-state index in [1.54, 1.807) is 0 Å². The Kier molecular flexibility index (Phi) is 2.58. The quantitative estimate of drug-likeness (QED) is 0.776. The number of carbonyl (C=O) groups excluding carboxylic acids is 2. The Morgan fingerprint density at radius 2 is 2.00 bits per heavy atom. The number of ether oxygens (including phenoxy) is 1. The summed E-state index contributed by atoms with van der Waals surface area (Å²) < 4.78 is 5.38. The second-order valence-electron chi connectivity index (χ2n) is 5.32. The van der Waals surface area contributed by atoms with E-state index in [4.69, 9.17) is 4.74 Å². The first-order valence-corrected chi connectivity index (χ1v) is 6.47. The van der Waals surface area contributed by atoms with Crippen LogP contribution in [0.15, 0.2) is 0 Å². The van der Waals surface area contributed by atoms with E-state index in [-0.39, 0.29) is 5.91 Å². The molecule has 1 aliphatic carbocycles. The molecule has 94 valence electrons. The largest absolute Gasteiger partial charge is 0.432 e. The minimum atomic E-state index is -0.841. The van der Waals surface area contributed by atoms with Crippen LogP contribution in [0.3, 0.4) is 0 Å². The summed E-state index contributed by atoms with van der Waals surface area (Å²) in [7, 11) is 0. The first-order chi connectivity index (χ1) is 8.21. The maximum absolute atomic E-state index is 12.3. The first-order valence-electron chi connectivity index (χ1n) is 6.47. The summed E-state index contributed by atoms with van der Waals surface area (Å²) in [6.45, 7) is 2.05. The van der Waals surface area contributed by atoms with Crippen molar-refractivity contribution in [3.05, 3.63) is 0 Å². The normalized spacial score (nSPS) is 28.4. The van der Waals surface area contributed by atoms with Crippen molar-refractivity contribution >= 4 is 12.0 Å². The van der Waals surface area contributed by atoms with Crippen molar-refractivity contribution in [1.82, 2.24) is 10.2 Å². The summed E-state index contributed by atoms with van der Waals surface area (Å²) in [4.78, 5) is 25.5. The molecule has 0 aromatic carbocycles. The number of piperidine rings is 1. The Morgan fingerprint density at radius 1 is 1.29 bits per heavy atom. The highest BCUT2D eigenvalue weighted by molar-refractivity contribution is 6.03. The minimum absolute atomic E-state index is 0.101. The fourth-order valence-electron chi connectivity index (χ4n) is 2.83. The summed E-state index contributed by atoms with van der Waals surface area (Å²) in [6.07, 6.45) is 4.27. The molecule has 0 atom stereocenters. The van der Waals surface area contributed by atoms with Crippen molar-refractivity contribution in [3.8, 4) is 0 Å². The zero-order chi connectivity index (χ0) is 11.9. The summed E-state index contributed by atoms with van der Waals surface area (Å²) in [5.74, 6) is 0.402. The third-order valence-electron chi connectivity index (χ3n) is 4.21. The molecule has 2 amide bonds. The maximum Gasteiger partial charge on any atom is 0.417 e. The Balaban J connectivity index is 1.73. The first kappa shape index (κ1) is 11.0. The Hall–Kier alpha value is -1.10. The lowest BCUT2D eigenvalue weighted by Crippen LogP contribution is -2.49. The van der Waals surface area contributed by atoms with E-state index in [2.05, 4.69) is 5.32 Å². The van der Waals surface area contributed by atoms with E-state index < -0.39 is 11.7 Å². The smallest absolute Gasteiger partial charge is 0.417 e. The number of carbonyl (C=O) groups is 2. The number of imide groups is 1. The van der Waals surface area contributed by atoms with Gasteiger partial charge in [0.15, 0.2) is 5.60 Å². The van der Waals surface area contributed by atoms with Crippen molar-refractivity contribution in [2.75, 3.05) is 19.6 Å². The summed E-state index contributed by atoms with van der Waals surface area (Å²) in [5.41, 5.74) is -0.841. The minimum Gasteiger partial charge on any atom is -0.432 e. The SMILES string of the molecule is O=C1OC2(CCNCC2)C(=O)N1CC1CCC1. The molecule has 0 unspecified atom stereocenters. The number of hydrogen-bond acceptors (Lipinski definition) is 4. The molecule has 3 rings (SSSR count). The van der Waals surface area contributed by atoms with Crippen molar-refractivity contribution in [1.29, 1.82) is 0 Å². The lowest BCUT2D eigenvalue weighted by Gasteiger charge is -2.31. The standard InChI is InChI=1S/C12H18N2O3/c15-10-12(4-6-13-7-5-12)17-11(16)14(10)8-9-2-1-3-9/h9,13H,1-8H2. The van der Waals surface area contributed by atoms with E-state index in [1.807, 2.05) is 0 Å². The molecule has 2 heterocycles. The molecule has 3 fully saturated rings. The number of amides is 2. The van der Waals surface area contributed by atoms with Crippen LogP contribution in [0.1, 0.15) is 32.1 Å². The maximum atomic E-state index is 12.3. The average molecular weight is 238 g/mol. The van der Waals surface area contributed by atoms with E-state index >= 15 is 0 Å². The van der Waals surface area contributed by atoms with Gasteiger partial charge in [-0.15, -0.1) is 0 Å². The summed E-state index contributed by atoms with van der Waals surface area (Å²) >= 11 is 0. The van der Waals surface area contributed by atoms with Gasteiger partial charge in [-0.2, -0.15) is 0 Å². The highest BCUT2D eigenvalue weighted by Gasteiger charge is 2.54. The van der Waals surface area contributed by atoms with Crippen LogP contribution in [0, 0.1) is 5.92 Å². The molecule has 3 aliphatic rings. The summed E-state index contributed by atoms with van der Waals surface area (Å²) in [5, 5.41) is 3.19. The lowest BCUT2D eigenvalue weighted by molar-refractivity contribution is -0.139. The zero-order valence-corrected chi connectivity index (χ0v) is 9.91. The average Bonchev–Trinajstić information content (AvgIpc) is 2.48. The molecule has 5 nitrogen and oxygen atoms in total. The lowest BCUT2D eigenvalue weighted by atomic mass is 9.84. The topological polar surface area (TPSA) is 58.6 Å². The van der Waals surface area contributed by atoms with Gasteiger partial charge in [0.25, 0.3) is 5.91 Å². The third-order valence-corrected chi connectivity index (χ3v) is 4.21. The highest BCUT2D eigenvalue weighted by atomic mass is 16.6. The van der Waals surface area contributed by atoms with Gasteiger partial charge in [0.2, 0.25) is 0 Å². The third kappa shape index (κ3) is 1.73.